The van der Waals surface area contributed by atoms with Gasteiger partial charge in [-0.2, -0.15) is 0 Å². The fourth-order valence-electron chi connectivity index (χ4n) is 3.69. The van der Waals surface area contributed by atoms with Crippen LogP contribution in [0.25, 0.3) is 0 Å². The van der Waals surface area contributed by atoms with Crippen molar-refractivity contribution in [3.8, 4) is 0 Å². The molecule has 88 valence electrons. The molecule has 1 heteroatoms. The minimum absolute atomic E-state index is 0.989. The second-order valence-electron chi connectivity index (χ2n) is 5.76. The molecule has 0 saturated heterocycles. The van der Waals surface area contributed by atoms with Crippen LogP contribution in [0.3, 0.4) is 0 Å². The maximum atomic E-state index is 3.40. The highest BCUT2D eigenvalue weighted by molar-refractivity contribution is 4.88. The van der Waals surface area contributed by atoms with Crippen molar-refractivity contribution in [2.45, 2.75) is 51.9 Å². The van der Waals surface area contributed by atoms with Gasteiger partial charge < -0.3 is 5.32 Å². The molecule has 2 rings (SSSR count). The number of hydrogen-bond acceptors (Lipinski definition) is 1. The summed E-state index contributed by atoms with van der Waals surface area (Å²) in [5, 5.41) is 3.40. The fraction of sp³-hybridized carbons (Fsp3) is 1.00. The van der Waals surface area contributed by atoms with Crippen molar-refractivity contribution in [1.82, 2.24) is 5.32 Å². The Morgan fingerprint density at radius 1 is 1.13 bits per heavy atom. The molecule has 0 bridgehead atoms. The van der Waals surface area contributed by atoms with Crippen LogP contribution in [-0.4, -0.2) is 13.6 Å². The van der Waals surface area contributed by atoms with Crippen molar-refractivity contribution >= 4 is 0 Å². The van der Waals surface area contributed by atoms with Crippen LogP contribution in [0.2, 0.25) is 0 Å². The molecule has 3 atom stereocenters. The zero-order valence-electron chi connectivity index (χ0n) is 10.5. The molecule has 0 aromatic heterocycles. The molecule has 0 spiro atoms. The van der Waals surface area contributed by atoms with Crippen LogP contribution in [-0.2, 0) is 0 Å². The van der Waals surface area contributed by atoms with Gasteiger partial charge in [0, 0.05) is 0 Å². The molecule has 1 nitrogen and oxygen atoms in total. The molecule has 1 N–H and O–H groups in total. The standard InChI is InChI=1S/C14H27N/c1-3-11-7-8-13(10-15-2)14(9-11)12-5-4-6-12/h11-15H,3-10H2,1-2H3. The van der Waals surface area contributed by atoms with Crippen LogP contribution in [0, 0.1) is 23.7 Å². The quantitative estimate of drug-likeness (QED) is 0.748. The lowest BCUT2D eigenvalue weighted by Crippen LogP contribution is -2.38. The number of nitrogens with one attached hydrogen (secondary N) is 1. The van der Waals surface area contributed by atoms with E-state index in [2.05, 4.69) is 19.3 Å². The van der Waals surface area contributed by atoms with E-state index in [4.69, 9.17) is 0 Å². The van der Waals surface area contributed by atoms with E-state index >= 15 is 0 Å². The first-order valence-corrected chi connectivity index (χ1v) is 6.99. The Labute approximate surface area is 95.0 Å². The lowest BCUT2D eigenvalue weighted by molar-refractivity contribution is 0.0735. The third kappa shape index (κ3) is 2.55. The normalized spacial score (nSPS) is 37.6. The first-order valence-electron chi connectivity index (χ1n) is 6.99. The van der Waals surface area contributed by atoms with E-state index < -0.39 is 0 Å². The van der Waals surface area contributed by atoms with Crippen LogP contribution in [0.4, 0.5) is 0 Å². The summed E-state index contributed by atoms with van der Waals surface area (Å²) in [6.45, 7) is 3.64. The highest BCUT2D eigenvalue weighted by atomic mass is 14.8. The smallest absolute Gasteiger partial charge is 0.00208 e. The third-order valence-corrected chi connectivity index (χ3v) is 4.96. The van der Waals surface area contributed by atoms with E-state index in [1.807, 2.05) is 0 Å². The molecular weight excluding hydrogens is 182 g/mol. The molecular formula is C14H27N. The van der Waals surface area contributed by atoms with E-state index in [0.717, 1.165) is 23.7 Å². The van der Waals surface area contributed by atoms with Crippen LogP contribution in [0.15, 0.2) is 0 Å². The lowest BCUT2D eigenvalue weighted by atomic mass is 9.62. The van der Waals surface area contributed by atoms with Gasteiger partial charge in [-0.25, -0.2) is 0 Å². The summed E-state index contributed by atoms with van der Waals surface area (Å²) >= 11 is 0. The van der Waals surface area contributed by atoms with Gasteiger partial charge in [0.05, 0.1) is 0 Å². The Balaban J connectivity index is 1.92. The van der Waals surface area contributed by atoms with Gasteiger partial charge in [0.25, 0.3) is 0 Å². The molecule has 0 amide bonds. The molecule has 3 unspecified atom stereocenters. The zero-order valence-corrected chi connectivity index (χ0v) is 10.5. The second-order valence-corrected chi connectivity index (χ2v) is 5.76. The average Bonchev–Trinajstić information content (AvgIpc) is 2.18. The first kappa shape index (κ1) is 11.4. The second kappa shape index (κ2) is 5.34. The summed E-state index contributed by atoms with van der Waals surface area (Å²) < 4.78 is 0. The first-order chi connectivity index (χ1) is 7.35. The van der Waals surface area contributed by atoms with Crippen LogP contribution in [0.1, 0.15) is 51.9 Å². The monoisotopic (exact) mass is 209 g/mol. The van der Waals surface area contributed by atoms with Crippen molar-refractivity contribution in [1.29, 1.82) is 0 Å². The summed E-state index contributed by atoms with van der Waals surface area (Å²) in [4.78, 5) is 0. The highest BCUT2D eigenvalue weighted by Gasteiger charge is 2.36. The average molecular weight is 209 g/mol. The molecule has 15 heavy (non-hydrogen) atoms. The highest BCUT2D eigenvalue weighted by Crippen LogP contribution is 2.46. The Bertz CT molecular complexity index is 186. The van der Waals surface area contributed by atoms with Crippen molar-refractivity contribution in [3.05, 3.63) is 0 Å². The van der Waals surface area contributed by atoms with Gasteiger partial charge in [-0.15, -0.1) is 0 Å². The lowest BCUT2D eigenvalue weighted by Gasteiger charge is -2.44. The molecule has 2 aliphatic carbocycles. The van der Waals surface area contributed by atoms with Gasteiger partial charge in [-0.3, -0.25) is 0 Å². The van der Waals surface area contributed by atoms with Gasteiger partial charge in [-0.1, -0.05) is 39.0 Å². The predicted octanol–water partition coefficient (Wildman–Crippen LogP) is 3.45. The fourth-order valence-corrected chi connectivity index (χ4v) is 3.69. The predicted molar refractivity (Wildman–Crippen MR) is 65.9 cm³/mol. The van der Waals surface area contributed by atoms with Crippen molar-refractivity contribution in [3.63, 3.8) is 0 Å². The Morgan fingerprint density at radius 3 is 2.47 bits per heavy atom. The van der Waals surface area contributed by atoms with Gasteiger partial charge >= 0.3 is 0 Å². The largest absolute Gasteiger partial charge is 0.319 e. The van der Waals surface area contributed by atoms with Crippen molar-refractivity contribution in [2.75, 3.05) is 13.6 Å². The van der Waals surface area contributed by atoms with E-state index in [-0.39, 0.29) is 0 Å². The molecule has 2 aliphatic rings. The van der Waals surface area contributed by atoms with Gasteiger partial charge in [0.15, 0.2) is 0 Å². The summed E-state index contributed by atoms with van der Waals surface area (Å²) in [7, 11) is 2.11. The topological polar surface area (TPSA) is 12.0 Å². The van der Waals surface area contributed by atoms with Crippen molar-refractivity contribution in [2.24, 2.45) is 23.7 Å². The Hall–Kier alpha value is -0.0400. The van der Waals surface area contributed by atoms with Crippen LogP contribution >= 0.6 is 0 Å². The van der Waals surface area contributed by atoms with E-state index in [1.54, 1.807) is 0 Å². The summed E-state index contributed by atoms with van der Waals surface area (Å²) in [6.07, 6.45) is 10.5. The SMILES string of the molecule is CCC1CCC(CNC)C(C2CCC2)C1. The van der Waals surface area contributed by atoms with Crippen LogP contribution < -0.4 is 5.32 Å². The Kier molecular flexibility index (Phi) is 4.07. The maximum Gasteiger partial charge on any atom is -0.00208 e. The van der Waals surface area contributed by atoms with E-state index in [0.29, 0.717) is 0 Å². The Morgan fingerprint density at radius 2 is 1.93 bits per heavy atom. The summed E-state index contributed by atoms with van der Waals surface area (Å²) in [5.41, 5.74) is 0. The van der Waals surface area contributed by atoms with Crippen molar-refractivity contribution < 1.29 is 0 Å². The minimum atomic E-state index is 0.989. The van der Waals surface area contributed by atoms with Crippen LogP contribution in [0.5, 0.6) is 0 Å². The minimum Gasteiger partial charge on any atom is -0.319 e. The van der Waals surface area contributed by atoms with E-state index in [1.165, 1.54) is 51.5 Å². The zero-order chi connectivity index (χ0) is 10.7. The van der Waals surface area contributed by atoms with Gasteiger partial charge in [-0.05, 0) is 50.1 Å². The molecule has 0 aliphatic heterocycles. The molecule has 0 aromatic rings. The van der Waals surface area contributed by atoms with Gasteiger partial charge in [0.2, 0.25) is 0 Å². The number of hydrogen-bond donors (Lipinski definition) is 1. The van der Waals surface area contributed by atoms with E-state index in [9.17, 15) is 0 Å². The third-order valence-electron chi connectivity index (χ3n) is 4.96. The molecule has 0 heterocycles. The molecule has 2 fully saturated rings. The number of rotatable bonds is 4. The van der Waals surface area contributed by atoms with Gasteiger partial charge in [0.1, 0.15) is 0 Å². The summed E-state index contributed by atoms with van der Waals surface area (Å²) in [6, 6.07) is 0. The molecule has 2 saturated carbocycles. The maximum absolute atomic E-state index is 3.40. The summed E-state index contributed by atoms with van der Waals surface area (Å²) in [5.74, 6) is 4.19. The molecule has 0 aromatic carbocycles. The molecule has 0 radical (unpaired) electrons.